The minimum absolute atomic E-state index is 0.251. The van der Waals surface area contributed by atoms with Gasteiger partial charge >= 0.3 is 0 Å². The third kappa shape index (κ3) is 4.30. The van der Waals surface area contributed by atoms with Gasteiger partial charge in [-0.3, -0.25) is 4.79 Å². The number of benzene rings is 1. The van der Waals surface area contributed by atoms with Crippen LogP contribution in [0.2, 0.25) is 0 Å². The lowest BCUT2D eigenvalue weighted by Gasteiger charge is -2.11. The van der Waals surface area contributed by atoms with Crippen molar-refractivity contribution < 1.29 is 9.53 Å². The number of hydrogen-bond acceptors (Lipinski definition) is 4. The Morgan fingerprint density at radius 1 is 1.39 bits per heavy atom. The monoisotopic (exact) mass is 375 g/mol. The highest BCUT2D eigenvalue weighted by molar-refractivity contribution is 9.10. The van der Waals surface area contributed by atoms with Crippen molar-refractivity contribution in [2.45, 2.75) is 19.4 Å². The standard InChI is InChI=1S/C17H18BrN3O2/c18-13-7-15(17(20-9-13)23-10-11-4-5-11)16(22)21-14-3-1-2-12(6-14)8-19/h1-3,6-7,9,11H,4-5,8,10,19H2,(H,21,22). The number of nitrogens with one attached hydrogen (secondary N) is 1. The molecule has 0 unspecified atom stereocenters. The highest BCUT2D eigenvalue weighted by Crippen LogP contribution is 2.30. The summed E-state index contributed by atoms with van der Waals surface area (Å²) in [6.45, 7) is 1.04. The van der Waals surface area contributed by atoms with Crippen molar-refractivity contribution in [1.82, 2.24) is 4.98 Å². The molecule has 1 aromatic heterocycles. The van der Waals surface area contributed by atoms with Crippen molar-refractivity contribution >= 4 is 27.5 Å². The molecule has 1 aromatic carbocycles. The van der Waals surface area contributed by atoms with E-state index in [1.54, 1.807) is 12.3 Å². The lowest BCUT2D eigenvalue weighted by atomic mass is 10.2. The molecule has 5 nitrogen and oxygen atoms in total. The van der Waals surface area contributed by atoms with Crippen LogP contribution in [0.15, 0.2) is 41.0 Å². The number of amides is 1. The van der Waals surface area contributed by atoms with E-state index < -0.39 is 0 Å². The summed E-state index contributed by atoms with van der Waals surface area (Å²) in [5.74, 6) is 0.712. The van der Waals surface area contributed by atoms with E-state index in [4.69, 9.17) is 10.5 Å². The summed E-state index contributed by atoms with van der Waals surface area (Å²) >= 11 is 3.35. The van der Waals surface area contributed by atoms with Gasteiger partial charge in [0, 0.05) is 22.9 Å². The number of anilines is 1. The maximum absolute atomic E-state index is 12.6. The van der Waals surface area contributed by atoms with E-state index in [1.807, 2.05) is 24.3 Å². The molecule has 3 rings (SSSR count). The second kappa shape index (κ2) is 7.10. The summed E-state index contributed by atoms with van der Waals surface area (Å²) in [6.07, 6.45) is 4.00. The molecule has 2 aromatic rings. The SMILES string of the molecule is NCc1cccc(NC(=O)c2cc(Br)cnc2OCC2CC2)c1. The van der Waals surface area contributed by atoms with Gasteiger partial charge in [0.15, 0.2) is 0 Å². The van der Waals surface area contributed by atoms with Crippen molar-refractivity contribution in [3.63, 3.8) is 0 Å². The summed E-state index contributed by atoms with van der Waals surface area (Å²) in [5, 5.41) is 2.87. The Hall–Kier alpha value is -1.92. The van der Waals surface area contributed by atoms with Crippen LogP contribution in [0.25, 0.3) is 0 Å². The van der Waals surface area contributed by atoms with Gasteiger partial charge in [-0.05, 0) is 58.5 Å². The number of rotatable bonds is 6. The minimum atomic E-state index is -0.251. The van der Waals surface area contributed by atoms with Crippen molar-refractivity contribution in [3.8, 4) is 5.88 Å². The highest BCUT2D eigenvalue weighted by atomic mass is 79.9. The number of hydrogen-bond donors (Lipinski definition) is 2. The van der Waals surface area contributed by atoms with Crippen LogP contribution >= 0.6 is 15.9 Å². The van der Waals surface area contributed by atoms with E-state index in [1.165, 1.54) is 12.8 Å². The molecule has 0 radical (unpaired) electrons. The zero-order valence-electron chi connectivity index (χ0n) is 12.6. The predicted octanol–water partition coefficient (Wildman–Crippen LogP) is 3.34. The first kappa shape index (κ1) is 16.0. The first-order chi connectivity index (χ1) is 11.2. The van der Waals surface area contributed by atoms with Crippen molar-refractivity contribution in [2.24, 2.45) is 11.7 Å². The van der Waals surface area contributed by atoms with Crippen LogP contribution in [0.1, 0.15) is 28.8 Å². The second-order valence-electron chi connectivity index (χ2n) is 5.62. The zero-order chi connectivity index (χ0) is 16.2. The van der Waals surface area contributed by atoms with Crippen LogP contribution in [-0.2, 0) is 6.54 Å². The molecule has 1 aliphatic rings. The quantitative estimate of drug-likeness (QED) is 0.811. The van der Waals surface area contributed by atoms with Crippen LogP contribution in [0, 0.1) is 5.92 Å². The Bertz CT molecular complexity index is 717. The fourth-order valence-corrected chi connectivity index (χ4v) is 2.49. The number of nitrogens with zero attached hydrogens (tertiary/aromatic N) is 1. The zero-order valence-corrected chi connectivity index (χ0v) is 14.2. The van der Waals surface area contributed by atoms with Crippen LogP contribution in [-0.4, -0.2) is 17.5 Å². The number of carbonyl (C=O) groups excluding carboxylic acids is 1. The van der Waals surface area contributed by atoms with Crippen LogP contribution in [0.4, 0.5) is 5.69 Å². The molecule has 23 heavy (non-hydrogen) atoms. The number of pyridine rings is 1. The Morgan fingerprint density at radius 2 is 2.22 bits per heavy atom. The Labute approximate surface area is 143 Å². The number of aromatic nitrogens is 1. The molecule has 1 amide bonds. The normalized spacial score (nSPS) is 13.7. The molecule has 0 aliphatic heterocycles. The van der Waals surface area contributed by atoms with Gasteiger partial charge in [0.25, 0.3) is 5.91 Å². The average molecular weight is 376 g/mol. The molecule has 1 saturated carbocycles. The first-order valence-electron chi connectivity index (χ1n) is 7.54. The summed E-state index contributed by atoms with van der Waals surface area (Å²) in [5.41, 5.74) is 7.70. The molecule has 0 spiro atoms. The van der Waals surface area contributed by atoms with Gasteiger partial charge in [0.1, 0.15) is 5.56 Å². The molecule has 6 heteroatoms. The Balaban J connectivity index is 1.77. The molecule has 0 bridgehead atoms. The number of nitrogens with two attached hydrogens (primary N) is 1. The van der Waals surface area contributed by atoms with E-state index in [-0.39, 0.29) is 5.91 Å². The fourth-order valence-electron chi connectivity index (χ4n) is 2.16. The molecule has 120 valence electrons. The third-order valence-corrected chi connectivity index (χ3v) is 4.07. The van der Waals surface area contributed by atoms with Gasteiger partial charge in [-0.15, -0.1) is 0 Å². The fraction of sp³-hybridized carbons (Fsp3) is 0.294. The van der Waals surface area contributed by atoms with Gasteiger partial charge in [0.05, 0.1) is 6.61 Å². The second-order valence-corrected chi connectivity index (χ2v) is 6.53. The molecular weight excluding hydrogens is 358 g/mol. The maximum atomic E-state index is 12.6. The van der Waals surface area contributed by atoms with Crippen molar-refractivity contribution in [3.05, 3.63) is 52.1 Å². The summed E-state index contributed by atoms with van der Waals surface area (Å²) < 4.78 is 6.44. The van der Waals surface area contributed by atoms with Gasteiger partial charge in [-0.25, -0.2) is 4.98 Å². The van der Waals surface area contributed by atoms with Crippen LogP contribution < -0.4 is 15.8 Å². The van der Waals surface area contributed by atoms with E-state index in [2.05, 4.69) is 26.2 Å². The maximum Gasteiger partial charge on any atom is 0.261 e. The lowest BCUT2D eigenvalue weighted by molar-refractivity contribution is 0.102. The Kier molecular flexibility index (Phi) is 4.93. The third-order valence-electron chi connectivity index (χ3n) is 3.64. The van der Waals surface area contributed by atoms with E-state index in [0.29, 0.717) is 36.2 Å². The molecular formula is C17H18BrN3O2. The smallest absolute Gasteiger partial charge is 0.261 e. The van der Waals surface area contributed by atoms with E-state index >= 15 is 0 Å². The Morgan fingerprint density at radius 3 is 2.96 bits per heavy atom. The number of carbonyl (C=O) groups is 1. The molecule has 1 aliphatic carbocycles. The summed E-state index contributed by atoms with van der Waals surface area (Å²) in [7, 11) is 0. The number of halogens is 1. The van der Waals surface area contributed by atoms with E-state index in [9.17, 15) is 4.79 Å². The van der Waals surface area contributed by atoms with Gasteiger partial charge in [0.2, 0.25) is 5.88 Å². The topological polar surface area (TPSA) is 77.2 Å². The van der Waals surface area contributed by atoms with Crippen molar-refractivity contribution in [1.29, 1.82) is 0 Å². The van der Waals surface area contributed by atoms with Crippen molar-refractivity contribution in [2.75, 3.05) is 11.9 Å². The van der Waals surface area contributed by atoms with E-state index in [0.717, 1.165) is 10.0 Å². The van der Waals surface area contributed by atoms with Gasteiger partial charge in [-0.1, -0.05) is 12.1 Å². The molecule has 1 fully saturated rings. The van der Waals surface area contributed by atoms with Crippen LogP contribution in [0.5, 0.6) is 5.88 Å². The average Bonchev–Trinajstić information content (AvgIpc) is 3.38. The van der Waals surface area contributed by atoms with Gasteiger partial charge < -0.3 is 15.8 Å². The molecule has 0 atom stereocenters. The molecule has 3 N–H and O–H groups in total. The predicted molar refractivity (Wildman–Crippen MR) is 92.4 cm³/mol. The number of ether oxygens (including phenoxy) is 1. The largest absolute Gasteiger partial charge is 0.477 e. The first-order valence-corrected chi connectivity index (χ1v) is 8.33. The minimum Gasteiger partial charge on any atom is -0.477 e. The van der Waals surface area contributed by atoms with Crippen LogP contribution in [0.3, 0.4) is 0 Å². The molecule has 1 heterocycles. The molecule has 0 saturated heterocycles. The lowest BCUT2D eigenvalue weighted by Crippen LogP contribution is -2.15. The summed E-state index contributed by atoms with van der Waals surface area (Å²) in [4.78, 5) is 16.8. The highest BCUT2D eigenvalue weighted by Gasteiger charge is 2.23. The summed E-state index contributed by atoms with van der Waals surface area (Å²) in [6, 6.07) is 9.18. The van der Waals surface area contributed by atoms with Gasteiger partial charge in [-0.2, -0.15) is 0 Å².